The van der Waals surface area contributed by atoms with Crippen molar-refractivity contribution in [1.82, 2.24) is 19.5 Å². The van der Waals surface area contributed by atoms with E-state index in [4.69, 9.17) is 31.2 Å². The maximum atomic E-state index is 12.9. The molecule has 50 heavy (non-hydrogen) atoms. The van der Waals surface area contributed by atoms with Crippen LogP contribution < -0.4 is 21.7 Å². The summed E-state index contributed by atoms with van der Waals surface area (Å²) in [5.74, 6) is -0.423. The Bertz CT molecular complexity index is 1870. The quantitative estimate of drug-likeness (QED) is 0.132. The number of carbonyl (C=O) groups is 1. The molecule has 3 heterocycles. The van der Waals surface area contributed by atoms with E-state index in [-0.39, 0.29) is 25.0 Å². The molecule has 5 aromatic rings. The number of ether oxygens (including phenoxy) is 1. The summed E-state index contributed by atoms with van der Waals surface area (Å²) in [7, 11) is 0. The lowest BCUT2D eigenvalue weighted by molar-refractivity contribution is -0.160. The van der Waals surface area contributed by atoms with Crippen LogP contribution in [0.3, 0.4) is 0 Å². The van der Waals surface area contributed by atoms with Gasteiger partial charge in [-0.3, -0.25) is 4.79 Å². The van der Waals surface area contributed by atoms with Gasteiger partial charge in [0.25, 0.3) is 0 Å². The molecule has 1 saturated heterocycles. The molecule has 2 aliphatic rings. The Hall–Kier alpha value is -4.88. The normalized spacial score (nSPS) is 23.4. The van der Waals surface area contributed by atoms with Crippen molar-refractivity contribution < 1.29 is 19.7 Å². The standard InChI is InChI=1S/C38H44N8O4/c1-38(36(40)49,50-22-24-11-5-2-6-12-24)29-19-30(33(48)32(29)47)46-23-42-31-34(43-37(44-35(31)46)45-18-17-27(39)21-45)41-20-28(25-13-7-3-8-14-25)26-15-9-4-10-16-26/h2-16,23,27-30,32-33,47-48H,17-22,39H2,1H3,(H2,40,49)(H,41,43,44)/t27-,29+,30-,32-,33+,38?/m1/s1. The molecule has 12 heteroatoms. The van der Waals surface area contributed by atoms with Crippen molar-refractivity contribution in [2.45, 2.75) is 62.2 Å². The zero-order valence-corrected chi connectivity index (χ0v) is 28.0. The van der Waals surface area contributed by atoms with Crippen LogP contribution in [0.15, 0.2) is 97.3 Å². The zero-order valence-electron chi connectivity index (χ0n) is 28.0. The van der Waals surface area contributed by atoms with Crippen molar-refractivity contribution in [2.24, 2.45) is 17.4 Å². The van der Waals surface area contributed by atoms with Crippen LogP contribution in [0.2, 0.25) is 0 Å². The number of amides is 1. The Labute approximate surface area is 291 Å². The third-order valence-electron chi connectivity index (χ3n) is 10.4. The van der Waals surface area contributed by atoms with Crippen molar-refractivity contribution in [3.63, 3.8) is 0 Å². The molecule has 2 aromatic heterocycles. The Kier molecular flexibility index (Phi) is 9.52. The average molecular weight is 677 g/mol. The molecule has 1 saturated carbocycles. The molecule has 1 aliphatic carbocycles. The maximum Gasteiger partial charge on any atom is 0.249 e. The van der Waals surface area contributed by atoms with Gasteiger partial charge in [0.2, 0.25) is 11.9 Å². The molecular weight excluding hydrogens is 632 g/mol. The number of benzene rings is 3. The Morgan fingerprint density at radius 3 is 2.22 bits per heavy atom. The topological polar surface area (TPSA) is 178 Å². The summed E-state index contributed by atoms with van der Waals surface area (Å²) in [6.07, 6.45) is 0.0941. The van der Waals surface area contributed by atoms with Crippen LogP contribution in [0.1, 0.15) is 48.4 Å². The number of aliphatic hydroxyl groups excluding tert-OH is 2. The largest absolute Gasteiger partial charge is 0.390 e. The first kappa shape index (κ1) is 33.6. The van der Waals surface area contributed by atoms with Gasteiger partial charge in [-0.05, 0) is 36.5 Å². The maximum absolute atomic E-state index is 12.9. The van der Waals surface area contributed by atoms with E-state index in [1.54, 1.807) is 17.8 Å². The van der Waals surface area contributed by atoms with Gasteiger partial charge in [-0.2, -0.15) is 9.97 Å². The van der Waals surface area contributed by atoms with E-state index in [0.717, 1.165) is 23.1 Å². The van der Waals surface area contributed by atoms with Crippen molar-refractivity contribution in [1.29, 1.82) is 0 Å². The minimum atomic E-state index is -1.55. The highest BCUT2D eigenvalue weighted by Crippen LogP contribution is 2.44. The Morgan fingerprint density at radius 2 is 1.62 bits per heavy atom. The molecule has 1 amide bonds. The minimum absolute atomic E-state index is 0.00563. The van der Waals surface area contributed by atoms with Crippen molar-refractivity contribution in [3.05, 3.63) is 114 Å². The summed E-state index contributed by atoms with van der Waals surface area (Å²) < 4.78 is 7.93. The second kappa shape index (κ2) is 14.2. The molecule has 7 N–H and O–H groups in total. The third kappa shape index (κ3) is 6.54. The predicted octanol–water partition coefficient (Wildman–Crippen LogP) is 3.35. The number of nitrogens with one attached hydrogen (secondary N) is 1. The van der Waals surface area contributed by atoms with Gasteiger partial charge >= 0.3 is 0 Å². The fourth-order valence-electron chi connectivity index (χ4n) is 7.38. The summed E-state index contributed by atoms with van der Waals surface area (Å²) in [5, 5.41) is 26.5. The fraction of sp³-hybridized carbons (Fsp3) is 0.368. The van der Waals surface area contributed by atoms with Gasteiger partial charge in [-0.1, -0.05) is 91.0 Å². The van der Waals surface area contributed by atoms with E-state index in [0.29, 0.717) is 42.6 Å². The highest BCUT2D eigenvalue weighted by Gasteiger charge is 2.54. The van der Waals surface area contributed by atoms with E-state index in [1.807, 2.05) is 66.7 Å². The summed E-state index contributed by atoms with van der Waals surface area (Å²) in [5.41, 5.74) is 14.9. The van der Waals surface area contributed by atoms with Crippen molar-refractivity contribution in [3.8, 4) is 0 Å². The van der Waals surface area contributed by atoms with Crippen LogP contribution in [-0.4, -0.2) is 79.1 Å². The van der Waals surface area contributed by atoms with Crippen LogP contribution >= 0.6 is 0 Å². The second-order valence-corrected chi connectivity index (χ2v) is 13.6. The number of aliphatic hydroxyl groups is 2. The number of imidazole rings is 1. The average Bonchev–Trinajstić information content (AvgIpc) is 3.85. The number of nitrogens with zero attached hydrogens (tertiary/aromatic N) is 5. The smallest absolute Gasteiger partial charge is 0.249 e. The summed E-state index contributed by atoms with van der Waals surface area (Å²) >= 11 is 0. The number of fused-ring (bicyclic) bond motifs is 1. The SMILES string of the molecule is CC(OCc1ccccc1)(C(N)=O)[C@H]1C[C@@H](n2cnc3c(NCC(c4ccccc4)c4ccccc4)nc(N4CC[C@@H](N)C4)nc32)[C@H](O)[C@@H]1O. The number of anilines is 2. The first-order chi connectivity index (χ1) is 24.2. The van der Waals surface area contributed by atoms with E-state index in [9.17, 15) is 15.0 Å². The number of hydrogen-bond acceptors (Lipinski definition) is 10. The zero-order chi connectivity index (χ0) is 34.8. The number of hydrogen-bond donors (Lipinski definition) is 5. The lowest BCUT2D eigenvalue weighted by atomic mass is 9.85. The van der Waals surface area contributed by atoms with Crippen molar-refractivity contribution in [2.75, 3.05) is 29.9 Å². The number of aromatic nitrogens is 4. The second-order valence-electron chi connectivity index (χ2n) is 13.6. The van der Waals surface area contributed by atoms with Gasteiger partial charge in [-0.25, -0.2) is 4.98 Å². The van der Waals surface area contributed by atoms with E-state index in [2.05, 4.69) is 34.5 Å². The van der Waals surface area contributed by atoms with E-state index < -0.39 is 35.7 Å². The monoisotopic (exact) mass is 676 g/mol. The molecule has 7 rings (SSSR count). The molecule has 3 aromatic carbocycles. The third-order valence-corrected chi connectivity index (χ3v) is 10.4. The van der Waals surface area contributed by atoms with Gasteiger partial charge in [-0.15, -0.1) is 0 Å². The predicted molar refractivity (Wildman–Crippen MR) is 191 cm³/mol. The van der Waals surface area contributed by atoms with Crippen LogP contribution in [0.5, 0.6) is 0 Å². The first-order valence-electron chi connectivity index (χ1n) is 17.2. The Morgan fingerprint density at radius 1 is 0.980 bits per heavy atom. The van der Waals surface area contributed by atoms with Crippen LogP contribution in [-0.2, 0) is 16.1 Å². The summed E-state index contributed by atoms with van der Waals surface area (Å²) in [4.78, 5) is 29.6. The number of rotatable bonds is 12. The lowest BCUT2D eigenvalue weighted by Crippen LogP contribution is -2.53. The number of nitrogens with two attached hydrogens (primary N) is 2. The molecule has 0 bridgehead atoms. The van der Waals surface area contributed by atoms with Crippen molar-refractivity contribution >= 4 is 28.8 Å². The number of primary amides is 1. The molecule has 1 aliphatic heterocycles. The molecule has 1 unspecified atom stereocenters. The fourth-order valence-corrected chi connectivity index (χ4v) is 7.38. The van der Waals surface area contributed by atoms with Gasteiger partial charge in [0.1, 0.15) is 11.7 Å². The van der Waals surface area contributed by atoms with Gasteiger partial charge in [0, 0.05) is 37.5 Å². The first-order valence-corrected chi connectivity index (χ1v) is 17.2. The highest BCUT2D eigenvalue weighted by molar-refractivity contribution is 5.85. The molecule has 0 spiro atoms. The molecule has 12 nitrogen and oxygen atoms in total. The highest BCUT2D eigenvalue weighted by atomic mass is 16.5. The van der Waals surface area contributed by atoms with Gasteiger partial charge in [0.15, 0.2) is 17.0 Å². The van der Waals surface area contributed by atoms with E-state index in [1.165, 1.54) is 0 Å². The molecule has 2 fully saturated rings. The van der Waals surface area contributed by atoms with Gasteiger partial charge in [0.05, 0.1) is 25.1 Å². The van der Waals surface area contributed by atoms with Crippen LogP contribution in [0.25, 0.3) is 11.2 Å². The molecule has 6 atom stereocenters. The minimum Gasteiger partial charge on any atom is -0.390 e. The summed E-state index contributed by atoms with van der Waals surface area (Å²) in [6, 6.07) is 29.4. The Balaban J connectivity index is 1.22. The molecule has 0 radical (unpaired) electrons. The lowest BCUT2D eigenvalue weighted by Gasteiger charge is -2.34. The number of carbonyl (C=O) groups excluding carboxylic acids is 1. The summed E-state index contributed by atoms with van der Waals surface area (Å²) in [6.45, 7) is 3.56. The molecule has 260 valence electrons. The molecular formula is C38H44N8O4. The van der Waals surface area contributed by atoms with Crippen LogP contribution in [0, 0.1) is 5.92 Å². The van der Waals surface area contributed by atoms with Gasteiger partial charge < -0.3 is 41.2 Å². The van der Waals surface area contributed by atoms with Crippen LogP contribution in [0.4, 0.5) is 11.8 Å². The van der Waals surface area contributed by atoms with E-state index >= 15 is 0 Å².